The zero-order valence-corrected chi connectivity index (χ0v) is 10.9. The van der Waals surface area contributed by atoms with Crippen molar-refractivity contribution in [2.24, 2.45) is 0 Å². The van der Waals surface area contributed by atoms with Crippen LogP contribution in [-0.4, -0.2) is 17.3 Å². The number of aryl methyl sites for hydroxylation is 1. The summed E-state index contributed by atoms with van der Waals surface area (Å²) in [6, 6.07) is 7.86. The maximum Gasteiger partial charge on any atom is 0.101 e. The highest BCUT2D eigenvalue weighted by atomic mass is 16.3. The third-order valence-electron chi connectivity index (χ3n) is 3.77. The van der Waals surface area contributed by atoms with E-state index < -0.39 is 5.60 Å². The quantitative estimate of drug-likeness (QED) is 0.859. The third-order valence-corrected chi connectivity index (χ3v) is 3.77. The van der Waals surface area contributed by atoms with Crippen LogP contribution < -0.4 is 5.32 Å². The Bertz CT molecular complexity index is 456. The number of anilines is 1. The second-order valence-corrected chi connectivity index (χ2v) is 5.25. The molecule has 0 spiro atoms. The minimum atomic E-state index is -0.604. The third kappa shape index (κ3) is 2.83. The Hall–Kier alpha value is -1.53. The molecule has 0 aliphatic heterocycles. The lowest BCUT2D eigenvalue weighted by Gasteiger charge is -2.32. The number of benzene rings is 1. The molecule has 0 saturated heterocycles. The van der Waals surface area contributed by atoms with Gasteiger partial charge in [-0.1, -0.05) is 31.4 Å². The molecule has 0 radical (unpaired) electrons. The van der Waals surface area contributed by atoms with Crippen molar-refractivity contribution in [3.8, 4) is 6.07 Å². The summed E-state index contributed by atoms with van der Waals surface area (Å²) >= 11 is 0. The molecule has 18 heavy (non-hydrogen) atoms. The van der Waals surface area contributed by atoms with Crippen LogP contribution in [0.15, 0.2) is 18.2 Å². The van der Waals surface area contributed by atoms with Gasteiger partial charge in [-0.05, 0) is 31.4 Å². The van der Waals surface area contributed by atoms with E-state index in [9.17, 15) is 5.11 Å². The number of rotatable bonds is 3. The molecule has 0 amide bonds. The van der Waals surface area contributed by atoms with Gasteiger partial charge in [0.15, 0.2) is 0 Å². The van der Waals surface area contributed by atoms with Crippen LogP contribution in [0.4, 0.5) is 5.69 Å². The Balaban J connectivity index is 2.08. The van der Waals surface area contributed by atoms with Gasteiger partial charge >= 0.3 is 0 Å². The first kappa shape index (κ1) is 12.9. The first-order valence-corrected chi connectivity index (χ1v) is 6.61. The molecule has 0 heterocycles. The molecular weight excluding hydrogens is 224 g/mol. The smallest absolute Gasteiger partial charge is 0.101 e. The summed E-state index contributed by atoms with van der Waals surface area (Å²) in [5, 5.41) is 22.8. The van der Waals surface area contributed by atoms with E-state index in [2.05, 4.69) is 11.4 Å². The Morgan fingerprint density at radius 3 is 2.72 bits per heavy atom. The van der Waals surface area contributed by atoms with E-state index in [1.807, 2.05) is 19.1 Å². The predicted molar refractivity (Wildman–Crippen MR) is 72.4 cm³/mol. The van der Waals surface area contributed by atoms with E-state index in [1.165, 1.54) is 6.42 Å². The van der Waals surface area contributed by atoms with Crippen LogP contribution >= 0.6 is 0 Å². The van der Waals surface area contributed by atoms with E-state index >= 15 is 0 Å². The van der Waals surface area contributed by atoms with Crippen LogP contribution in [-0.2, 0) is 0 Å². The van der Waals surface area contributed by atoms with Gasteiger partial charge in [0.2, 0.25) is 0 Å². The Morgan fingerprint density at radius 2 is 2.06 bits per heavy atom. The van der Waals surface area contributed by atoms with Crippen LogP contribution in [0.25, 0.3) is 0 Å². The van der Waals surface area contributed by atoms with Gasteiger partial charge in [0, 0.05) is 6.54 Å². The number of nitrogens with one attached hydrogen (secondary N) is 1. The van der Waals surface area contributed by atoms with Crippen LogP contribution in [0.5, 0.6) is 0 Å². The van der Waals surface area contributed by atoms with Crippen molar-refractivity contribution in [1.29, 1.82) is 5.26 Å². The summed E-state index contributed by atoms with van der Waals surface area (Å²) in [6.45, 7) is 2.51. The van der Waals surface area contributed by atoms with Crippen molar-refractivity contribution in [3.05, 3.63) is 29.3 Å². The Kier molecular flexibility index (Phi) is 3.88. The fraction of sp³-hybridized carbons (Fsp3) is 0.533. The zero-order valence-electron chi connectivity index (χ0n) is 10.9. The Labute approximate surface area is 108 Å². The number of nitriles is 1. The van der Waals surface area contributed by atoms with Crippen molar-refractivity contribution < 1.29 is 5.11 Å². The first-order valence-electron chi connectivity index (χ1n) is 6.61. The molecule has 0 aromatic heterocycles. The molecule has 0 bridgehead atoms. The molecule has 1 saturated carbocycles. The second kappa shape index (κ2) is 5.41. The van der Waals surface area contributed by atoms with Crippen molar-refractivity contribution >= 4 is 5.69 Å². The molecule has 1 aromatic carbocycles. The second-order valence-electron chi connectivity index (χ2n) is 5.25. The lowest BCUT2D eigenvalue weighted by Crippen LogP contribution is -2.39. The molecule has 0 unspecified atom stereocenters. The number of para-hydroxylation sites is 1. The van der Waals surface area contributed by atoms with Gasteiger partial charge in [-0.2, -0.15) is 5.26 Å². The van der Waals surface area contributed by atoms with Crippen LogP contribution in [0.3, 0.4) is 0 Å². The molecule has 1 fully saturated rings. The van der Waals surface area contributed by atoms with Crippen LogP contribution in [0.2, 0.25) is 0 Å². The normalized spacial score (nSPS) is 18.1. The van der Waals surface area contributed by atoms with Gasteiger partial charge in [-0.15, -0.1) is 0 Å². The number of hydrogen-bond donors (Lipinski definition) is 2. The van der Waals surface area contributed by atoms with E-state index in [4.69, 9.17) is 5.26 Å². The summed E-state index contributed by atoms with van der Waals surface area (Å²) in [4.78, 5) is 0. The van der Waals surface area contributed by atoms with Gasteiger partial charge in [0.05, 0.1) is 16.9 Å². The van der Waals surface area contributed by atoms with Gasteiger partial charge in [0.1, 0.15) is 6.07 Å². The van der Waals surface area contributed by atoms with Crippen LogP contribution in [0, 0.1) is 18.3 Å². The number of aliphatic hydroxyl groups is 1. The summed E-state index contributed by atoms with van der Waals surface area (Å²) < 4.78 is 0. The highest BCUT2D eigenvalue weighted by molar-refractivity contribution is 5.62. The minimum absolute atomic E-state index is 0.534. The predicted octanol–water partition coefficient (Wildman–Crippen LogP) is 2.97. The summed E-state index contributed by atoms with van der Waals surface area (Å²) in [7, 11) is 0. The molecule has 1 aromatic rings. The fourth-order valence-corrected chi connectivity index (χ4v) is 2.64. The van der Waals surface area contributed by atoms with Gasteiger partial charge in [-0.25, -0.2) is 0 Å². The van der Waals surface area contributed by atoms with Crippen molar-refractivity contribution in [1.82, 2.24) is 0 Å². The van der Waals surface area contributed by atoms with Crippen molar-refractivity contribution in [3.63, 3.8) is 0 Å². The molecule has 3 nitrogen and oxygen atoms in total. The van der Waals surface area contributed by atoms with E-state index in [0.29, 0.717) is 12.1 Å². The maximum atomic E-state index is 10.4. The summed E-state index contributed by atoms with van der Waals surface area (Å²) in [6.07, 6.45) is 5.12. The number of nitrogens with zero attached hydrogens (tertiary/aromatic N) is 1. The first-order chi connectivity index (χ1) is 8.64. The van der Waals surface area contributed by atoms with E-state index in [-0.39, 0.29) is 0 Å². The van der Waals surface area contributed by atoms with Gasteiger partial charge in [0.25, 0.3) is 0 Å². The summed E-state index contributed by atoms with van der Waals surface area (Å²) in [5.74, 6) is 0. The largest absolute Gasteiger partial charge is 0.388 e. The molecule has 96 valence electrons. The topological polar surface area (TPSA) is 56.0 Å². The van der Waals surface area contributed by atoms with Gasteiger partial charge < -0.3 is 10.4 Å². The van der Waals surface area contributed by atoms with E-state index in [1.54, 1.807) is 6.07 Å². The highest BCUT2D eigenvalue weighted by Crippen LogP contribution is 2.29. The standard InChI is InChI=1S/C15H20N2O/c1-12-6-5-7-13(10-16)14(12)17-11-15(18)8-3-2-4-9-15/h5-7,17-18H,2-4,8-9,11H2,1H3. The van der Waals surface area contributed by atoms with Gasteiger partial charge in [-0.3, -0.25) is 0 Å². The Morgan fingerprint density at radius 1 is 1.33 bits per heavy atom. The molecule has 0 atom stereocenters. The lowest BCUT2D eigenvalue weighted by molar-refractivity contribution is 0.0167. The highest BCUT2D eigenvalue weighted by Gasteiger charge is 2.29. The van der Waals surface area contributed by atoms with Crippen LogP contribution in [0.1, 0.15) is 43.2 Å². The molecule has 2 N–H and O–H groups in total. The average Bonchev–Trinajstić information content (AvgIpc) is 2.38. The molecule has 1 aliphatic rings. The average molecular weight is 244 g/mol. The SMILES string of the molecule is Cc1cccc(C#N)c1NCC1(O)CCCCC1. The molecule has 3 heteroatoms. The lowest BCUT2D eigenvalue weighted by atomic mass is 9.85. The van der Waals surface area contributed by atoms with Crippen molar-refractivity contribution in [2.75, 3.05) is 11.9 Å². The number of hydrogen-bond acceptors (Lipinski definition) is 3. The van der Waals surface area contributed by atoms with Crippen molar-refractivity contribution in [2.45, 2.75) is 44.6 Å². The van der Waals surface area contributed by atoms with E-state index in [0.717, 1.165) is 36.9 Å². The maximum absolute atomic E-state index is 10.4. The zero-order chi connectivity index (χ0) is 13.0. The molecule has 2 rings (SSSR count). The minimum Gasteiger partial charge on any atom is -0.388 e. The fourth-order valence-electron chi connectivity index (χ4n) is 2.64. The monoisotopic (exact) mass is 244 g/mol. The molecule has 1 aliphatic carbocycles. The molecular formula is C15H20N2O. The summed E-state index contributed by atoms with van der Waals surface area (Å²) in [5.41, 5.74) is 1.95.